The van der Waals surface area contributed by atoms with Crippen molar-refractivity contribution in [3.63, 3.8) is 0 Å². The predicted octanol–water partition coefficient (Wildman–Crippen LogP) is 1.65. The molecule has 2 heterocycles. The molecular weight excluding hydrogens is 319 g/mol. The summed E-state index contributed by atoms with van der Waals surface area (Å²) in [5.41, 5.74) is 0.890. The minimum atomic E-state index is -0.294. The summed E-state index contributed by atoms with van der Waals surface area (Å²) in [5.74, 6) is 0.181. The second-order valence-electron chi connectivity index (χ2n) is 5.55. The van der Waals surface area contributed by atoms with Crippen molar-refractivity contribution in [3.05, 3.63) is 35.6 Å². The fourth-order valence-electron chi connectivity index (χ4n) is 2.79. The summed E-state index contributed by atoms with van der Waals surface area (Å²) in [7, 11) is 0. The van der Waals surface area contributed by atoms with Crippen molar-refractivity contribution in [2.45, 2.75) is 11.8 Å². The predicted molar refractivity (Wildman–Crippen MR) is 85.3 cm³/mol. The number of halogens is 1. The molecule has 3 rings (SSSR count). The molecule has 2 amide bonds. The Balaban J connectivity index is 1.61. The molecule has 0 radical (unpaired) electrons. The highest BCUT2D eigenvalue weighted by atomic mass is 32.2. The minimum Gasteiger partial charge on any atom is -0.378 e. The lowest BCUT2D eigenvalue weighted by atomic mass is 10.2. The number of nitrogens with zero attached hydrogens (tertiary/aromatic N) is 2. The topological polar surface area (TPSA) is 49.9 Å². The Morgan fingerprint density at radius 3 is 2.65 bits per heavy atom. The number of hydrogen-bond donors (Lipinski definition) is 0. The molecule has 2 fully saturated rings. The Morgan fingerprint density at radius 2 is 1.96 bits per heavy atom. The van der Waals surface area contributed by atoms with Crippen LogP contribution >= 0.6 is 11.8 Å². The summed E-state index contributed by atoms with van der Waals surface area (Å²) >= 11 is 1.51. The molecule has 5 nitrogen and oxygen atoms in total. The number of morpholine rings is 1. The van der Waals surface area contributed by atoms with Gasteiger partial charge in [-0.2, -0.15) is 0 Å². The molecule has 2 aliphatic heterocycles. The number of benzene rings is 1. The van der Waals surface area contributed by atoms with Crippen molar-refractivity contribution in [3.8, 4) is 0 Å². The van der Waals surface area contributed by atoms with Gasteiger partial charge in [-0.05, 0) is 17.7 Å². The molecule has 0 aromatic heterocycles. The zero-order valence-corrected chi connectivity index (χ0v) is 13.6. The van der Waals surface area contributed by atoms with Crippen molar-refractivity contribution >= 4 is 23.6 Å². The van der Waals surface area contributed by atoms with Gasteiger partial charge < -0.3 is 14.5 Å². The van der Waals surface area contributed by atoms with Gasteiger partial charge in [-0.3, -0.25) is 9.59 Å². The third-order valence-corrected chi connectivity index (χ3v) is 5.31. The number of ether oxygens (including phenoxy) is 1. The Labute approximate surface area is 138 Å². The van der Waals surface area contributed by atoms with Crippen LogP contribution in [0.2, 0.25) is 0 Å². The van der Waals surface area contributed by atoms with Gasteiger partial charge in [0, 0.05) is 26.1 Å². The summed E-state index contributed by atoms with van der Waals surface area (Å²) in [6.45, 7) is 2.76. The van der Waals surface area contributed by atoms with Crippen LogP contribution in [0.3, 0.4) is 0 Å². The number of carbonyl (C=O) groups is 2. The van der Waals surface area contributed by atoms with Crippen molar-refractivity contribution in [2.75, 3.05) is 38.6 Å². The maximum atomic E-state index is 13.1. The number of amides is 2. The highest BCUT2D eigenvalue weighted by Gasteiger charge is 2.33. The van der Waals surface area contributed by atoms with Crippen molar-refractivity contribution in [1.82, 2.24) is 9.80 Å². The summed E-state index contributed by atoms with van der Waals surface area (Å²) in [4.78, 5) is 27.8. The van der Waals surface area contributed by atoms with Crippen LogP contribution in [0.5, 0.6) is 0 Å². The molecule has 1 aromatic carbocycles. The van der Waals surface area contributed by atoms with E-state index in [0.29, 0.717) is 45.0 Å². The highest BCUT2D eigenvalue weighted by Crippen LogP contribution is 2.38. The standard InChI is InChI=1S/C16H19FN2O3S/c17-13-3-1-12(2-4-13)16-19(15(21)11-23-16)6-5-14(20)18-7-9-22-10-8-18/h1-4,16H,5-11H2. The smallest absolute Gasteiger partial charge is 0.233 e. The van der Waals surface area contributed by atoms with Crippen LogP contribution in [0.4, 0.5) is 4.39 Å². The van der Waals surface area contributed by atoms with E-state index in [2.05, 4.69) is 0 Å². The summed E-state index contributed by atoms with van der Waals surface area (Å²) in [5, 5.41) is -0.138. The van der Waals surface area contributed by atoms with E-state index in [-0.39, 0.29) is 23.0 Å². The fraction of sp³-hybridized carbons (Fsp3) is 0.500. The van der Waals surface area contributed by atoms with E-state index >= 15 is 0 Å². The Morgan fingerprint density at radius 1 is 1.26 bits per heavy atom. The second kappa shape index (κ2) is 7.31. The van der Waals surface area contributed by atoms with E-state index in [0.717, 1.165) is 5.56 Å². The van der Waals surface area contributed by atoms with E-state index in [9.17, 15) is 14.0 Å². The number of rotatable bonds is 4. The molecule has 0 aliphatic carbocycles. The molecular formula is C16H19FN2O3S. The lowest BCUT2D eigenvalue weighted by Crippen LogP contribution is -2.42. The quantitative estimate of drug-likeness (QED) is 0.838. The summed E-state index contributed by atoms with van der Waals surface area (Å²) in [6.07, 6.45) is 0.310. The zero-order valence-electron chi connectivity index (χ0n) is 12.7. The van der Waals surface area contributed by atoms with Gasteiger partial charge in [0.25, 0.3) is 0 Å². The van der Waals surface area contributed by atoms with E-state index in [1.165, 1.54) is 23.9 Å². The largest absolute Gasteiger partial charge is 0.378 e. The molecule has 0 saturated carbocycles. The van der Waals surface area contributed by atoms with Crippen LogP contribution in [0.15, 0.2) is 24.3 Å². The average molecular weight is 338 g/mol. The van der Waals surface area contributed by atoms with E-state index in [4.69, 9.17) is 4.74 Å². The molecule has 0 bridgehead atoms. The van der Waals surface area contributed by atoms with Crippen LogP contribution < -0.4 is 0 Å². The van der Waals surface area contributed by atoms with Gasteiger partial charge >= 0.3 is 0 Å². The molecule has 2 aliphatic rings. The van der Waals surface area contributed by atoms with Crippen LogP contribution in [0.25, 0.3) is 0 Å². The molecule has 2 saturated heterocycles. The van der Waals surface area contributed by atoms with E-state index in [1.54, 1.807) is 21.9 Å². The Bertz CT molecular complexity index is 575. The van der Waals surface area contributed by atoms with Gasteiger partial charge in [-0.15, -0.1) is 11.8 Å². The molecule has 7 heteroatoms. The van der Waals surface area contributed by atoms with Crippen molar-refractivity contribution in [2.24, 2.45) is 0 Å². The van der Waals surface area contributed by atoms with Gasteiger partial charge in [0.15, 0.2) is 0 Å². The second-order valence-corrected chi connectivity index (χ2v) is 6.61. The molecule has 0 spiro atoms. The maximum absolute atomic E-state index is 13.1. The molecule has 1 unspecified atom stereocenters. The van der Waals surface area contributed by atoms with Crippen LogP contribution in [-0.2, 0) is 14.3 Å². The lowest BCUT2D eigenvalue weighted by Gasteiger charge is -2.29. The van der Waals surface area contributed by atoms with Crippen LogP contribution in [0.1, 0.15) is 17.4 Å². The first-order chi connectivity index (χ1) is 11.1. The zero-order chi connectivity index (χ0) is 16.2. The molecule has 124 valence electrons. The molecule has 1 atom stereocenters. The number of carbonyl (C=O) groups excluding carboxylic acids is 2. The monoisotopic (exact) mass is 338 g/mol. The molecule has 0 N–H and O–H groups in total. The Hall–Kier alpha value is -1.60. The van der Waals surface area contributed by atoms with Gasteiger partial charge in [-0.25, -0.2) is 4.39 Å². The Kier molecular flexibility index (Phi) is 5.17. The third-order valence-electron chi connectivity index (χ3n) is 4.05. The normalized spacial score (nSPS) is 21.8. The molecule has 23 heavy (non-hydrogen) atoms. The molecule has 1 aromatic rings. The first kappa shape index (κ1) is 16.3. The minimum absolute atomic E-state index is 0.0269. The van der Waals surface area contributed by atoms with Gasteiger partial charge in [0.1, 0.15) is 11.2 Å². The highest BCUT2D eigenvalue weighted by molar-refractivity contribution is 8.00. The first-order valence-corrected chi connectivity index (χ1v) is 8.72. The third kappa shape index (κ3) is 3.84. The maximum Gasteiger partial charge on any atom is 0.233 e. The van der Waals surface area contributed by atoms with Gasteiger partial charge in [-0.1, -0.05) is 12.1 Å². The van der Waals surface area contributed by atoms with Gasteiger partial charge in [0.2, 0.25) is 11.8 Å². The van der Waals surface area contributed by atoms with Gasteiger partial charge in [0.05, 0.1) is 19.0 Å². The van der Waals surface area contributed by atoms with E-state index < -0.39 is 0 Å². The van der Waals surface area contributed by atoms with Crippen LogP contribution in [-0.4, -0.2) is 60.2 Å². The van der Waals surface area contributed by atoms with E-state index in [1.807, 2.05) is 0 Å². The summed E-state index contributed by atoms with van der Waals surface area (Å²) < 4.78 is 18.3. The van der Waals surface area contributed by atoms with Crippen LogP contribution in [0, 0.1) is 5.82 Å². The first-order valence-electron chi connectivity index (χ1n) is 7.67. The van der Waals surface area contributed by atoms with Crippen molar-refractivity contribution in [1.29, 1.82) is 0 Å². The summed E-state index contributed by atoms with van der Waals surface area (Å²) in [6, 6.07) is 6.19. The number of thioether (sulfide) groups is 1. The number of hydrogen-bond acceptors (Lipinski definition) is 4. The SMILES string of the molecule is O=C(CCN1C(=O)CSC1c1ccc(F)cc1)N1CCOCC1. The fourth-order valence-corrected chi connectivity index (χ4v) is 4.01. The lowest BCUT2D eigenvalue weighted by molar-refractivity contribution is -0.136. The average Bonchev–Trinajstić information content (AvgIpc) is 2.95. The van der Waals surface area contributed by atoms with Crippen molar-refractivity contribution < 1.29 is 18.7 Å².